The van der Waals surface area contributed by atoms with Crippen molar-refractivity contribution in [3.05, 3.63) is 113 Å². The Balaban J connectivity index is 1.17. The topological polar surface area (TPSA) is 54.0 Å². The van der Waals surface area contributed by atoms with E-state index in [1.165, 1.54) is 12.1 Å². The number of hydrogen-bond donors (Lipinski definition) is 0. The molecular formula is C35H27F7O5. The van der Waals surface area contributed by atoms with Crippen molar-refractivity contribution in [1.29, 1.82) is 0 Å². The summed E-state index contributed by atoms with van der Waals surface area (Å²) in [5.74, 6) is -13.2. The Kier molecular flexibility index (Phi) is 8.86. The molecule has 4 aromatic carbocycles. The Morgan fingerprint density at radius 2 is 1.21 bits per heavy atom. The molecule has 4 aromatic rings. The fraction of sp³-hybridized carbons (Fsp3) is 0.286. The minimum atomic E-state index is -1.73. The molecule has 0 radical (unpaired) electrons. The van der Waals surface area contributed by atoms with Crippen LogP contribution in [0, 0.1) is 46.1 Å². The fourth-order valence-electron chi connectivity index (χ4n) is 5.74. The summed E-state index contributed by atoms with van der Waals surface area (Å²) in [6.07, 6.45) is 4.02. The van der Waals surface area contributed by atoms with Crippen molar-refractivity contribution in [2.45, 2.75) is 38.6 Å². The van der Waals surface area contributed by atoms with Crippen molar-refractivity contribution in [3.63, 3.8) is 0 Å². The number of rotatable bonds is 9. The Hall–Kier alpha value is -4.26. The maximum absolute atomic E-state index is 15.4. The van der Waals surface area contributed by atoms with Crippen LogP contribution in [0.2, 0.25) is 0 Å². The molecule has 12 heteroatoms. The zero-order valence-corrected chi connectivity index (χ0v) is 24.9. The largest absolute Gasteiger partial charge is 0.423 e. The fourth-order valence-corrected chi connectivity index (χ4v) is 5.74. The summed E-state index contributed by atoms with van der Waals surface area (Å²) < 4.78 is 123. The highest BCUT2D eigenvalue weighted by atomic mass is 19.2. The highest BCUT2D eigenvalue weighted by molar-refractivity contribution is 5.92. The predicted octanol–water partition coefficient (Wildman–Crippen LogP) is 8.97. The molecule has 3 aliphatic heterocycles. The van der Waals surface area contributed by atoms with Crippen molar-refractivity contribution in [1.82, 2.24) is 0 Å². The van der Waals surface area contributed by atoms with Crippen molar-refractivity contribution < 1.29 is 54.5 Å². The van der Waals surface area contributed by atoms with Crippen LogP contribution in [0.1, 0.15) is 48.5 Å². The monoisotopic (exact) mass is 660 g/mol. The molecule has 0 amide bonds. The second-order valence-electron chi connectivity index (χ2n) is 11.7. The van der Waals surface area contributed by atoms with Crippen molar-refractivity contribution in [2.24, 2.45) is 5.41 Å². The zero-order chi connectivity index (χ0) is 33.5. The minimum absolute atomic E-state index is 0.185. The molecule has 47 heavy (non-hydrogen) atoms. The number of fused-ring (bicyclic) bond motifs is 3. The van der Waals surface area contributed by atoms with Gasteiger partial charge in [0.1, 0.15) is 34.6 Å². The van der Waals surface area contributed by atoms with E-state index in [2.05, 4.69) is 6.92 Å². The summed E-state index contributed by atoms with van der Waals surface area (Å²) in [5.41, 5.74) is -2.27. The normalized spacial score (nSPS) is 20.4. The lowest BCUT2D eigenvalue weighted by Crippen LogP contribution is -2.58. The second kappa shape index (κ2) is 12.7. The molecular weight excluding hydrogens is 633 g/mol. The van der Waals surface area contributed by atoms with Gasteiger partial charge >= 0.3 is 11.9 Å². The second-order valence-corrected chi connectivity index (χ2v) is 11.7. The third kappa shape index (κ3) is 6.24. The third-order valence-electron chi connectivity index (χ3n) is 8.34. The van der Waals surface area contributed by atoms with Crippen LogP contribution in [0.15, 0.2) is 60.7 Å². The molecule has 0 N–H and O–H groups in total. The molecule has 3 fully saturated rings. The Labute approximate surface area is 264 Å². The van der Waals surface area contributed by atoms with Crippen LogP contribution >= 0.6 is 0 Å². The first-order chi connectivity index (χ1) is 22.4. The average Bonchev–Trinajstić information content (AvgIpc) is 3.04. The van der Waals surface area contributed by atoms with Gasteiger partial charge < -0.3 is 18.9 Å². The smallest absolute Gasteiger partial charge is 0.349 e. The number of carbonyl (C=O) groups excluding carboxylic acids is 1. The molecule has 0 aromatic heterocycles. The van der Waals surface area contributed by atoms with Gasteiger partial charge in [0.05, 0.1) is 19.8 Å². The van der Waals surface area contributed by atoms with Crippen LogP contribution < -0.4 is 4.74 Å². The van der Waals surface area contributed by atoms with E-state index >= 15 is 13.2 Å². The van der Waals surface area contributed by atoms with E-state index in [0.717, 1.165) is 56.0 Å². The van der Waals surface area contributed by atoms with Gasteiger partial charge in [-0.15, -0.1) is 0 Å². The van der Waals surface area contributed by atoms with Gasteiger partial charge in [-0.1, -0.05) is 38.3 Å². The number of esters is 1. The Morgan fingerprint density at radius 3 is 1.74 bits per heavy atom. The molecule has 0 saturated carbocycles. The van der Waals surface area contributed by atoms with Gasteiger partial charge in [0.15, 0.2) is 17.5 Å². The summed E-state index contributed by atoms with van der Waals surface area (Å²) in [7, 11) is 0. The van der Waals surface area contributed by atoms with E-state index in [0.29, 0.717) is 38.0 Å². The number of halogens is 7. The molecule has 5 nitrogen and oxygen atoms in total. The number of hydrogen-bond acceptors (Lipinski definition) is 5. The molecule has 0 aliphatic carbocycles. The first kappa shape index (κ1) is 32.7. The van der Waals surface area contributed by atoms with E-state index in [-0.39, 0.29) is 33.2 Å². The summed E-state index contributed by atoms with van der Waals surface area (Å²) in [6.45, 7) is 3.23. The average molecular weight is 661 g/mol. The molecule has 0 spiro atoms. The lowest BCUT2D eigenvalue weighted by molar-refractivity contribution is -0.480. The maximum Gasteiger partial charge on any atom is 0.349 e. The minimum Gasteiger partial charge on any atom is -0.423 e. The molecule has 7 rings (SSSR count). The van der Waals surface area contributed by atoms with Gasteiger partial charge in [-0.25, -0.2) is 35.5 Å². The van der Waals surface area contributed by atoms with Crippen LogP contribution in [0.5, 0.6) is 5.75 Å². The SMILES string of the molecule is CCCCCC12COC(c3ccc(-c4cc(F)c(C(=O)Oc5ccc(-c6cc(F)c(F)c(F)c6)c(F)c5)c(F)c4)c(F)c3)(OC1)OC2. The molecule has 0 unspecified atom stereocenters. The van der Waals surface area contributed by atoms with Gasteiger partial charge in [-0.2, -0.15) is 0 Å². The lowest BCUT2D eigenvalue weighted by Gasteiger charge is -2.52. The standard InChI is InChI=1S/C35H27F7O5/c1-2-3-4-9-34-16-44-35(45-17-34,46-18-34)21-5-7-23(25(36)14-21)19-10-27(38)31(28(39)11-19)33(43)47-22-6-8-24(26(37)15-22)20-12-29(40)32(42)30(41)13-20/h5-8,10-15H,2-4,9,16-18H2,1H3. The van der Waals surface area contributed by atoms with E-state index in [1.807, 2.05) is 0 Å². The molecule has 0 atom stereocenters. The van der Waals surface area contributed by atoms with Gasteiger partial charge in [0.25, 0.3) is 0 Å². The summed E-state index contributed by atoms with van der Waals surface area (Å²) in [5, 5.41) is 0. The highest BCUT2D eigenvalue weighted by Gasteiger charge is 2.53. The molecule has 3 aliphatic rings. The number of benzene rings is 4. The Morgan fingerprint density at radius 1 is 0.681 bits per heavy atom. The zero-order valence-electron chi connectivity index (χ0n) is 24.9. The number of carbonyl (C=O) groups is 1. The summed E-state index contributed by atoms with van der Waals surface area (Å²) >= 11 is 0. The lowest BCUT2D eigenvalue weighted by atomic mass is 9.82. The van der Waals surface area contributed by atoms with Crippen LogP contribution in [0.3, 0.4) is 0 Å². The molecule has 3 saturated heterocycles. The summed E-state index contributed by atoms with van der Waals surface area (Å²) in [6, 6.07) is 9.11. The first-order valence-electron chi connectivity index (χ1n) is 14.8. The maximum atomic E-state index is 15.4. The van der Waals surface area contributed by atoms with Crippen molar-refractivity contribution in [2.75, 3.05) is 19.8 Å². The van der Waals surface area contributed by atoms with Gasteiger partial charge in [0.2, 0.25) is 0 Å². The predicted molar refractivity (Wildman–Crippen MR) is 155 cm³/mol. The van der Waals surface area contributed by atoms with Crippen LogP contribution in [-0.4, -0.2) is 25.8 Å². The Bertz CT molecular complexity index is 1790. The van der Waals surface area contributed by atoms with Crippen LogP contribution in [0.25, 0.3) is 22.3 Å². The third-order valence-corrected chi connectivity index (χ3v) is 8.34. The molecule has 246 valence electrons. The highest BCUT2D eigenvalue weighted by Crippen LogP contribution is 2.47. The van der Waals surface area contributed by atoms with Gasteiger partial charge in [0, 0.05) is 28.2 Å². The van der Waals surface area contributed by atoms with E-state index in [1.54, 1.807) is 0 Å². The van der Waals surface area contributed by atoms with E-state index in [4.69, 9.17) is 18.9 Å². The van der Waals surface area contributed by atoms with Crippen molar-refractivity contribution in [3.8, 4) is 28.0 Å². The van der Waals surface area contributed by atoms with Gasteiger partial charge in [-0.05, 0) is 60.0 Å². The quantitative estimate of drug-likeness (QED) is 0.0590. The van der Waals surface area contributed by atoms with Crippen LogP contribution in [-0.2, 0) is 20.2 Å². The van der Waals surface area contributed by atoms with Gasteiger partial charge in [-0.3, -0.25) is 0 Å². The van der Waals surface area contributed by atoms with E-state index < -0.39 is 64.0 Å². The number of ether oxygens (including phenoxy) is 4. The van der Waals surface area contributed by atoms with Crippen molar-refractivity contribution >= 4 is 5.97 Å². The summed E-state index contributed by atoms with van der Waals surface area (Å²) in [4.78, 5) is 12.7. The molecule has 3 heterocycles. The molecule has 2 bridgehead atoms. The van der Waals surface area contributed by atoms with E-state index in [9.17, 15) is 22.4 Å². The number of unbranched alkanes of at least 4 members (excludes halogenated alkanes) is 2. The first-order valence-corrected chi connectivity index (χ1v) is 14.8. The van der Waals surface area contributed by atoms with Crippen LogP contribution in [0.4, 0.5) is 30.7 Å².